The first-order valence-electron chi connectivity index (χ1n) is 6.92. The molecular weight excluding hydrogens is 266 g/mol. The van der Waals surface area contributed by atoms with Gasteiger partial charge in [-0.05, 0) is 29.5 Å². The Kier molecular flexibility index (Phi) is 5.84. The fourth-order valence-electron chi connectivity index (χ4n) is 2.09. The third-order valence-electron chi connectivity index (χ3n) is 3.15. The highest BCUT2D eigenvalue weighted by atomic mass is 32.1. The van der Waals surface area contributed by atoms with Gasteiger partial charge in [0.15, 0.2) is 0 Å². The van der Waals surface area contributed by atoms with Crippen LogP contribution in [-0.2, 0) is 19.5 Å². The second kappa shape index (κ2) is 7.88. The normalized spacial score (nSPS) is 10.4. The Labute approximate surface area is 125 Å². The molecule has 2 aromatic rings. The summed E-state index contributed by atoms with van der Waals surface area (Å²) < 4.78 is 5.66. The van der Waals surface area contributed by atoms with Gasteiger partial charge in [0.05, 0.1) is 0 Å². The zero-order chi connectivity index (χ0) is 14.2. The summed E-state index contributed by atoms with van der Waals surface area (Å²) in [5, 5.41) is 5.66. The maximum Gasteiger partial charge on any atom is 0.124 e. The van der Waals surface area contributed by atoms with Crippen LogP contribution in [0.3, 0.4) is 0 Å². The minimum atomic E-state index is 0.544. The van der Waals surface area contributed by atoms with Crippen molar-refractivity contribution in [1.29, 1.82) is 0 Å². The third kappa shape index (κ3) is 3.95. The molecule has 0 aliphatic heterocycles. The highest BCUT2D eigenvalue weighted by Crippen LogP contribution is 2.19. The van der Waals surface area contributed by atoms with Crippen molar-refractivity contribution in [3.05, 3.63) is 64.4 Å². The molecule has 20 heavy (non-hydrogen) atoms. The van der Waals surface area contributed by atoms with Gasteiger partial charge in [-0.1, -0.05) is 37.8 Å². The lowest BCUT2D eigenvalue weighted by Crippen LogP contribution is -2.13. The first-order valence-corrected chi connectivity index (χ1v) is 7.80. The molecule has 0 aliphatic carbocycles. The van der Waals surface area contributed by atoms with Crippen LogP contribution >= 0.6 is 11.3 Å². The molecular formula is C17H21NOS. The predicted octanol–water partition coefficient (Wildman–Crippen LogP) is 4.17. The van der Waals surface area contributed by atoms with Gasteiger partial charge in [0.2, 0.25) is 0 Å². The maximum absolute atomic E-state index is 5.66. The number of hydrogen-bond donors (Lipinski definition) is 1. The SMILES string of the molecule is C=CCOc1ccccc1CNCc1sccc1CC. The Balaban J connectivity index is 1.92. The van der Waals surface area contributed by atoms with Gasteiger partial charge >= 0.3 is 0 Å². The summed E-state index contributed by atoms with van der Waals surface area (Å²) in [4.78, 5) is 1.43. The minimum absolute atomic E-state index is 0.544. The second-order valence-corrected chi connectivity index (χ2v) is 5.53. The van der Waals surface area contributed by atoms with E-state index < -0.39 is 0 Å². The predicted molar refractivity (Wildman–Crippen MR) is 86.4 cm³/mol. The first-order chi connectivity index (χ1) is 9.85. The van der Waals surface area contributed by atoms with Crippen LogP contribution in [0.25, 0.3) is 0 Å². The number of thiophene rings is 1. The Morgan fingerprint density at radius 2 is 2.05 bits per heavy atom. The average Bonchev–Trinajstić information content (AvgIpc) is 2.94. The Morgan fingerprint density at radius 3 is 2.85 bits per heavy atom. The van der Waals surface area contributed by atoms with E-state index in [2.05, 4.69) is 36.3 Å². The van der Waals surface area contributed by atoms with Gasteiger partial charge in [-0.2, -0.15) is 0 Å². The minimum Gasteiger partial charge on any atom is -0.489 e. The largest absolute Gasteiger partial charge is 0.489 e. The zero-order valence-electron chi connectivity index (χ0n) is 11.9. The smallest absolute Gasteiger partial charge is 0.124 e. The number of para-hydroxylation sites is 1. The Morgan fingerprint density at radius 1 is 1.20 bits per heavy atom. The van der Waals surface area contributed by atoms with E-state index in [1.165, 1.54) is 16.0 Å². The van der Waals surface area contributed by atoms with Crippen LogP contribution in [0.5, 0.6) is 5.75 Å². The summed E-state index contributed by atoms with van der Waals surface area (Å²) in [6.07, 6.45) is 2.86. The van der Waals surface area contributed by atoms with E-state index in [9.17, 15) is 0 Å². The molecule has 1 heterocycles. The van der Waals surface area contributed by atoms with Gasteiger partial charge < -0.3 is 10.1 Å². The molecule has 0 saturated carbocycles. The van der Waals surface area contributed by atoms with E-state index in [0.717, 1.165) is 25.3 Å². The van der Waals surface area contributed by atoms with Crippen LogP contribution in [0, 0.1) is 0 Å². The van der Waals surface area contributed by atoms with Gasteiger partial charge in [-0.15, -0.1) is 11.3 Å². The molecule has 1 aromatic carbocycles. The fraction of sp³-hybridized carbons (Fsp3) is 0.294. The summed E-state index contributed by atoms with van der Waals surface area (Å²) in [7, 11) is 0. The van der Waals surface area contributed by atoms with E-state index in [4.69, 9.17) is 4.74 Å². The molecule has 0 bridgehead atoms. The lowest BCUT2D eigenvalue weighted by Gasteiger charge is -2.11. The maximum atomic E-state index is 5.66. The number of hydrogen-bond acceptors (Lipinski definition) is 3. The average molecular weight is 287 g/mol. The van der Waals surface area contributed by atoms with Gasteiger partial charge in [0.25, 0.3) is 0 Å². The molecule has 2 rings (SSSR count). The van der Waals surface area contributed by atoms with Crippen molar-refractivity contribution in [2.75, 3.05) is 6.61 Å². The van der Waals surface area contributed by atoms with Gasteiger partial charge in [-0.3, -0.25) is 0 Å². The van der Waals surface area contributed by atoms with Crippen LogP contribution in [0.2, 0.25) is 0 Å². The van der Waals surface area contributed by atoms with Crippen molar-refractivity contribution >= 4 is 11.3 Å². The first kappa shape index (κ1) is 14.8. The molecule has 0 atom stereocenters. The summed E-state index contributed by atoms with van der Waals surface area (Å²) >= 11 is 1.82. The van der Waals surface area contributed by atoms with Gasteiger partial charge in [-0.25, -0.2) is 0 Å². The summed E-state index contributed by atoms with van der Waals surface area (Å²) in [5.74, 6) is 0.932. The lowest BCUT2D eigenvalue weighted by molar-refractivity contribution is 0.358. The van der Waals surface area contributed by atoms with Crippen molar-refractivity contribution in [1.82, 2.24) is 5.32 Å². The summed E-state index contributed by atoms with van der Waals surface area (Å²) in [6, 6.07) is 10.4. The third-order valence-corrected chi connectivity index (χ3v) is 4.11. The second-order valence-electron chi connectivity index (χ2n) is 4.53. The van der Waals surface area contributed by atoms with Crippen molar-refractivity contribution in [2.24, 2.45) is 0 Å². The molecule has 0 spiro atoms. The summed E-state index contributed by atoms with van der Waals surface area (Å²) in [5.41, 5.74) is 2.63. The lowest BCUT2D eigenvalue weighted by atomic mass is 10.2. The molecule has 0 radical (unpaired) electrons. The molecule has 3 heteroatoms. The molecule has 1 N–H and O–H groups in total. The van der Waals surface area contributed by atoms with Crippen molar-refractivity contribution in [2.45, 2.75) is 26.4 Å². The molecule has 106 valence electrons. The highest BCUT2D eigenvalue weighted by Gasteiger charge is 2.04. The molecule has 0 aliphatic rings. The molecule has 2 nitrogen and oxygen atoms in total. The van der Waals surface area contributed by atoms with E-state index in [-0.39, 0.29) is 0 Å². The van der Waals surface area contributed by atoms with Crippen LogP contribution in [0.4, 0.5) is 0 Å². The topological polar surface area (TPSA) is 21.3 Å². The van der Waals surface area contributed by atoms with E-state index in [1.807, 2.05) is 29.5 Å². The molecule has 1 aromatic heterocycles. The molecule has 0 unspecified atom stereocenters. The van der Waals surface area contributed by atoms with Crippen molar-refractivity contribution in [3.8, 4) is 5.75 Å². The standard InChI is InChI=1S/C17H21NOS/c1-3-10-19-16-8-6-5-7-15(16)12-18-13-17-14(4-2)9-11-20-17/h3,5-9,11,18H,1,4,10,12-13H2,2H3. The van der Waals surface area contributed by atoms with E-state index >= 15 is 0 Å². The van der Waals surface area contributed by atoms with Gasteiger partial charge in [0.1, 0.15) is 12.4 Å². The van der Waals surface area contributed by atoms with E-state index in [1.54, 1.807) is 6.08 Å². The number of aryl methyl sites for hydroxylation is 1. The summed E-state index contributed by atoms with van der Waals surface area (Å²) in [6.45, 7) is 8.15. The highest BCUT2D eigenvalue weighted by molar-refractivity contribution is 7.10. The fourth-order valence-corrected chi connectivity index (χ4v) is 3.03. The van der Waals surface area contributed by atoms with Crippen LogP contribution in [0.15, 0.2) is 48.4 Å². The molecule has 0 amide bonds. The quantitative estimate of drug-likeness (QED) is 0.736. The monoisotopic (exact) mass is 287 g/mol. The number of rotatable bonds is 8. The van der Waals surface area contributed by atoms with Crippen LogP contribution in [-0.4, -0.2) is 6.61 Å². The van der Waals surface area contributed by atoms with Crippen molar-refractivity contribution < 1.29 is 4.74 Å². The number of nitrogens with one attached hydrogen (secondary N) is 1. The van der Waals surface area contributed by atoms with Crippen LogP contribution in [0.1, 0.15) is 22.9 Å². The van der Waals surface area contributed by atoms with Crippen LogP contribution < -0.4 is 10.1 Å². The number of ether oxygens (including phenoxy) is 1. The zero-order valence-corrected chi connectivity index (χ0v) is 12.7. The van der Waals surface area contributed by atoms with Gasteiger partial charge in [0, 0.05) is 23.5 Å². The Hall–Kier alpha value is -1.58. The van der Waals surface area contributed by atoms with Crippen molar-refractivity contribution in [3.63, 3.8) is 0 Å². The molecule has 0 fully saturated rings. The number of benzene rings is 1. The Bertz CT molecular complexity index is 547. The van der Waals surface area contributed by atoms with E-state index in [0.29, 0.717) is 6.61 Å². The molecule has 0 saturated heterocycles.